The first-order chi connectivity index (χ1) is 13.8. The van der Waals surface area contributed by atoms with E-state index < -0.39 is 0 Å². The topological polar surface area (TPSA) is 24.8 Å². The molecular formula is C24H18N2OS. The molecule has 4 heteroatoms. The van der Waals surface area contributed by atoms with Gasteiger partial charge in [0.15, 0.2) is 0 Å². The van der Waals surface area contributed by atoms with E-state index in [0.29, 0.717) is 5.25 Å². The fraction of sp³-hybridized carbons (Fsp3) is 0.125. The number of rotatable bonds is 2. The van der Waals surface area contributed by atoms with Gasteiger partial charge in [0, 0.05) is 0 Å². The molecule has 6 rings (SSSR count). The van der Waals surface area contributed by atoms with Gasteiger partial charge in [-0.2, -0.15) is 0 Å². The highest BCUT2D eigenvalue weighted by Crippen LogP contribution is 2.53. The molecule has 1 aromatic carbocycles. The van der Waals surface area contributed by atoms with E-state index in [9.17, 15) is 0 Å². The van der Waals surface area contributed by atoms with Gasteiger partial charge in [0.2, 0.25) is 0 Å². The number of allylic oxidation sites excluding steroid dienone is 7. The Morgan fingerprint density at radius 2 is 1.82 bits per heavy atom. The molecule has 0 bridgehead atoms. The van der Waals surface area contributed by atoms with Gasteiger partial charge < -0.3 is 9.64 Å². The number of hydrogen-bond donors (Lipinski definition) is 0. The van der Waals surface area contributed by atoms with E-state index in [0.717, 1.165) is 17.3 Å². The monoisotopic (exact) mass is 382 g/mol. The van der Waals surface area contributed by atoms with Gasteiger partial charge in [0.1, 0.15) is 11.6 Å². The molecular weight excluding hydrogens is 364 g/mol. The lowest BCUT2D eigenvalue weighted by molar-refractivity contribution is 0.414. The van der Waals surface area contributed by atoms with E-state index in [1.807, 2.05) is 23.9 Å². The van der Waals surface area contributed by atoms with Crippen LogP contribution >= 0.6 is 11.8 Å². The largest absolute Gasteiger partial charge is 0.497 e. The van der Waals surface area contributed by atoms with Crippen LogP contribution in [0.15, 0.2) is 106 Å². The summed E-state index contributed by atoms with van der Waals surface area (Å²) >= 11 is 1.91. The molecule has 0 spiro atoms. The Balaban J connectivity index is 1.56. The molecule has 136 valence electrons. The Labute approximate surface area is 168 Å². The Morgan fingerprint density at radius 3 is 2.68 bits per heavy atom. The smallest absolute Gasteiger partial charge is 0.148 e. The predicted molar refractivity (Wildman–Crippen MR) is 116 cm³/mol. The van der Waals surface area contributed by atoms with Crippen LogP contribution in [-0.4, -0.2) is 29.0 Å². The van der Waals surface area contributed by atoms with E-state index in [4.69, 9.17) is 9.73 Å². The van der Waals surface area contributed by atoms with Gasteiger partial charge in [-0.05, 0) is 53.1 Å². The average molecular weight is 382 g/mol. The lowest BCUT2D eigenvalue weighted by Gasteiger charge is -2.33. The summed E-state index contributed by atoms with van der Waals surface area (Å²) in [4.78, 5) is 8.73. The van der Waals surface area contributed by atoms with Crippen LogP contribution in [0, 0.1) is 0 Å². The van der Waals surface area contributed by atoms with Crippen LogP contribution in [-0.2, 0) is 0 Å². The van der Waals surface area contributed by atoms with Gasteiger partial charge in [-0.1, -0.05) is 42.5 Å². The molecule has 2 unspecified atom stereocenters. The fourth-order valence-electron chi connectivity index (χ4n) is 4.28. The number of nitrogens with zero attached hydrogens (tertiary/aromatic N) is 2. The molecule has 0 N–H and O–H groups in total. The van der Waals surface area contributed by atoms with Crippen LogP contribution in [0.1, 0.15) is 5.56 Å². The molecule has 0 aromatic heterocycles. The van der Waals surface area contributed by atoms with Gasteiger partial charge in [0.25, 0.3) is 0 Å². The van der Waals surface area contributed by atoms with E-state index >= 15 is 0 Å². The summed E-state index contributed by atoms with van der Waals surface area (Å²) in [5.41, 5.74) is 6.16. The van der Waals surface area contributed by atoms with Crippen molar-refractivity contribution in [2.24, 2.45) is 4.99 Å². The first-order valence-electron chi connectivity index (χ1n) is 9.42. The second-order valence-corrected chi connectivity index (χ2v) is 8.31. The number of benzene rings is 1. The van der Waals surface area contributed by atoms with E-state index in [1.54, 1.807) is 7.11 Å². The SMILES string of the molecule is COc1ccc(C2=CC3=C4C=CC=CC4SC3=C3N=C4C=CC=CC4N23)cc1. The third-order valence-corrected chi connectivity index (χ3v) is 6.93. The number of ether oxygens (including phenoxy) is 1. The molecule has 1 aromatic rings. The number of methoxy groups -OCH3 is 1. The summed E-state index contributed by atoms with van der Waals surface area (Å²) in [7, 11) is 1.70. The van der Waals surface area contributed by atoms with Crippen LogP contribution in [0.5, 0.6) is 5.75 Å². The first kappa shape index (κ1) is 16.0. The predicted octanol–water partition coefficient (Wildman–Crippen LogP) is 5.01. The first-order valence-corrected chi connectivity index (χ1v) is 10.3. The standard InChI is InChI=1S/C24H18N2OS/c1-27-16-12-10-15(11-13-16)21-14-18-17-6-2-5-9-22(17)28-23(18)24-25-19-7-3-4-8-20(19)26(21)24/h2-14,20,22H,1H3. The highest BCUT2D eigenvalue weighted by molar-refractivity contribution is 8.04. The van der Waals surface area contributed by atoms with E-state index in [1.165, 1.54) is 27.3 Å². The number of fused-ring (bicyclic) bond motifs is 5. The Bertz CT molecular complexity index is 1130. The molecule has 28 heavy (non-hydrogen) atoms. The normalized spacial score (nSPS) is 26.1. The Morgan fingerprint density at radius 1 is 1.00 bits per heavy atom. The van der Waals surface area contributed by atoms with Crippen LogP contribution in [0.2, 0.25) is 0 Å². The van der Waals surface area contributed by atoms with Crippen molar-refractivity contribution in [3.63, 3.8) is 0 Å². The minimum absolute atomic E-state index is 0.154. The number of hydrogen-bond acceptors (Lipinski definition) is 4. The third kappa shape index (κ3) is 2.21. The number of aliphatic imine (C=N–C) groups is 1. The molecule has 3 heterocycles. The lowest BCUT2D eigenvalue weighted by atomic mass is 9.95. The number of thioether (sulfide) groups is 1. The molecule has 3 nitrogen and oxygen atoms in total. The van der Waals surface area contributed by atoms with Crippen LogP contribution in [0.25, 0.3) is 5.70 Å². The van der Waals surface area contributed by atoms with Crippen LogP contribution in [0.3, 0.4) is 0 Å². The molecule has 2 aliphatic carbocycles. The zero-order valence-corrected chi connectivity index (χ0v) is 16.2. The fourth-order valence-corrected chi connectivity index (χ4v) is 5.59. The summed E-state index contributed by atoms with van der Waals surface area (Å²) in [6.45, 7) is 0. The highest BCUT2D eigenvalue weighted by Gasteiger charge is 2.41. The quantitative estimate of drug-likeness (QED) is 0.719. The molecule has 5 aliphatic rings. The molecule has 3 aliphatic heterocycles. The minimum atomic E-state index is 0.154. The van der Waals surface area contributed by atoms with Gasteiger partial charge in [-0.25, -0.2) is 4.99 Å². The van der Waals surface area contributed by atoms with Gasteiger partial charge in [-0.15, -0.1) is 11.8 Å². The summed E-state index contributed by atoms with van der Waals surface area (Å²) in [5, 5.41) is 0.379. The van der Waals surface area contributed by atoms with Crippen molar-refractivity contribution in [2.75, 3.05) is 7.11 Å². The summed E-state index contributed by atoms with van der Waals surface area (Å²) in [5.74, 6) is 1.95. The van der Waals surface area contributed by atoms with Crippen molar-refractivity contribution in [2.45, 2.75) is 11.3 Å². The van der Waals surface area contributed by atoms with Crippen molar-refractivity contribution in [1.82, 2.24) is 4.90 Å². The molecule has 0 saturated carbocycles. The summed E-state index contributed by atoms with van der Waals surface area (Å²) in [6.07, 6.45) is 19.7. The van der Waals surface area contributed by atoms with Crippen molar-refractivity contribution in [1.29, 1.82) is 0 Å². The second-order valence-electron chi connectivity index (χ2n) is 7.16. The zero-order chi connectivity index (χ0) is 18.7. The van der Waals surface area contributed by atoms with E-state index in [-0.39, 0.29) is 6.04 Å². The lowest BCUT2D eigenvalue weighted by Crippen LogP contribution is -2.33. The van der Waals surface area contributed by atoms with Crippen molar-refractivity contribution in [3.05, 3.63) is 106 Å². The molecule has 0 radical (unpaired) electrons. The van der Waals surface area contributed by atoms with Crippen molar-refractivity contribution in [3.8, 4) is 5.75 Å². The van der Waals surface area contributed by atoms with E-state index in [2.05, 4.69) is 71.7 Å². The molecule has 0 amide bonds. The van der Waals surface area contributed by atoms with Gasteiger partial charge in [-0.3, -0.25) is 0 Å². The summed E-state index contributed by atoms with van der Waals surface area (Å²) in [6, 6.07) is 8.47. The zero-order valence-electron chi connectivity index (χ0n) is 15.4. The van der Waals surface area contributed by atoms with Crippen LogP contribution in [0.4, 0.5) is 0 Å². The summed E-state index contributed by atoms with van der Waals surface area (Å²) < 4.78 is 5.35. The average Bonchev–Trinajstić information content (AvgIpc) is 3.32. The maximum atomic E-state index is 5.35. The van der Waals surface area contributed by atoms with Crippen molar-refractivity contribution >= 4 is 23.2 Å². The van der Waals surface area contributed by atoms with Gasteiger partial charge >= 0.3 is 0 Å². The van der Waals surface area contributed by atoms with Crippen molar-refractivity contribution < 1.29 is 4.74 Å². The third-order valence-electron chi connectivity index (χ3n) is 5.63. The van der Waals surface area contributed by atoms with Gasteiger partial charge in [0.05, 0.1) is 34.7 Å². The minimum Gasteiger partial charge on any atom is -0.497 e. The maximum Gasteiger partial charge on any atom is 0.148 e. The Hall–Kier alpha value is -2.98. The molecule has 0 saturated heterocycles. The second kappa shape index (κ2) is 6.01. The van der Waals surface area contributed by atoms with Crippen LogP contribution < -0.4 is 4.74 Å². The molecule has 2 atom stereocenters. The molecule has 0 fully saturated rings. The highest BCUT2D eigenvalue weighted by atomic mass is 32.2. The Kier molecular flexibility index (Phi) is 3.44. The maximum absolute atomic E-state index is 5.35.